The van der Waals surface area contributed by atoms with Crippen molar-refractivity contribution in [2.24, 2.45) is 5.92 Å². The van der Waals surface area contributed by atoms with Gasteiger partial charge in [0.1, 0.15) is 48.6 Å². The summed E-state index contributed by atoms with van der Waals surface area (Å²) in [4.78, 5) is 99.7. The van der Waals surface area contributed by atoms with E-state index in [2.05, 4.69) is 29.9 Å². The number of ether oxygens (including phenoxy) is 7. The van der Waals surface area contributed by atoms with E-state index in [0.717, 1.165) is 4.90 Å². The molecule has 404 valence electrons. The predicted molar refractivity (Wildman–Crippen MR) is 258 cm³/mol. The minimum absolute atomic E-state index is 0.0239. The lowest BCUT2D eigenvalue weighted by molar-refractivity contribution is -0.137. The third-order valence-electron chi connectivity index (χ3n) is 12.0. The summed E-state index contributed by atoms with van der Waals surface area (Å²) < 4.78 is 81.9. The van der Waals surface area contributed by atoms with E-state index in [1.54, 1.807) is 4.57 Å². The van der Waals surface area contributed by atoms with Crippen molar-refractivity contribution in [1.29, 1.82) is 0 Å². The first-order chi connectivity index (χ1) is 35.5. The summed E-state index contributed by atoms with van der Waals surface area (Å²) in [6.07, 6.45) is -2.87. The van der Waals surface area contributed by atoms with E-state index in [0.29, 0.717) is 19.8 Å². The van der Waals surface area contributed by atoms with Gasteiger partial charge in [0.05, 0.1) is 104 Å². The maximum atomic E-state index is 16.4. The fraction of sp³-hybridized carbons (Fsp3) is 0.600. The first kappa shape index (κ1) is 55.3. The smallest absolute Gasteiger partial charge is 0.432 e. The molecule has 3 aliphatic heterocycles. The number of nitrogens with zero attached hydrogens (tertiary/aromatic N) is 10. The molecule has 4 aromatic heterocycles. The Labute approximate surface area is 430 Å². The van der Waals surface area contributed by atoms with E-state index in [1.807, 2.05) is 0 Å². The second kappa shape index (κ2) is 24.8. The molecule has 3 fully saturated rings. The molecule has 74 heavy (non-hydrogen) atoms. The largest absolute Gasteiger partial charge is 0.508 e. The molecular formula is C40H53FN12O17P2S2. The maximum Gasteiger partial charge on any atom is 0.508 e. The van der Waals surface area contributed by atoms with E-state index in [1.165, 1.54) is 54.0 Å². The predicted octanol–water partition coefficient (Wildman–Crippen LogP) is 0.240. The van der Waals surface area contributed by atoms with Gasteiger partial charge in [-0.05, 0) is 30.0 Å². The first-order valence-corrected chi connectivity index (χ1v) is 28.1. The van der Waals surface area contributed by atoms with Crippen molar-refractivity contribution >= 4 is 94.9 Å². The molecule has 4 aliphatic rings. The highest BCUT2D eigenvalue weighted by atomic mass is 32.5. The van der Waals surface area contributed by atoms with Crippen LogP contribution in [0.1, 0.15) is 25.1 Å². The first-order valence-electron chi connectivity index (χ1n) is 22.9. The highest BCUT2D eigenvalue weighted by molar-refractivity contribution is 8.07. The fourth-order valence-corrected chi connectivity index (χ4v) is 11.3. The van der Waals surface area contributed by atoms with Crippen molar-refractivity contribution < 1.29 is 84.6 Å². The zero-order chi connectivity index (χ0) is 52.6. The summed E-state index contributed by atoms with van der Waals surface area (Å²) in [6.45, 7) is -7.95. The van der Waals surface area contributed by atoms with Gasteiger partial charge in [0.2, 0.25) is 5.91 Å². The summed E-state index contributed by atoms with van der Waals surface area (Å²) in [5.41, 5.74) is 12.8. The van der Waals surface area contributed by atoms with Crippen LogP contribution in [0.2, 0.25) is 0 Å². The van der Waals surface area contributed by atoms with Crippen molar-refractivity contribution in [1.82, 2.24) is 48.8 Å². The normalized spacial score (nSPS) is 28.3. The van der Waals surface area contributed by atoms with Gasteiger partial charge < -0.3 is 77.5 Å². The molecule has 1 saturated carbocycles. The number of halogens is 1. The van der Waals surface area contributed by atoms with Crippen LogP contribution >= 0.6 is 13.4 Å². The van der Waals surface area contributed by atoms with Crippen molar-refractivity contribution in [2.75, 3.05) is 104 Å². The monoisotopic (exact) mass is 1120 g/mol. The lowest BCUT2D eigenvalue weighted by Gasteiger charge is -2.32. The SMILES string of the molecule is CN(CCOC(=O)O[C@@H]1[C@@H]2OP(O)(=S)OC[C@H]3O[C@@H](n4cnc5c(N)ncnc54)[C@H](F)[C@@H]3OP(O)(=S)OC[C@H]2C[C@H]1n1cnc2c(N)ncnc21)C(=O)CCOCCOCCOCCOCCN1C(=O)C=CC1=O. The molecule has 6 N–H and O–H groups in total. The van der Waals surface area contributed by atoms with Crippen LogP contribution in [0.5, 0.6) is 0 Å². The number of imide groups is 1. The minimum atomic E-state index is -4.36. The second-order valence-corrected chi connectivity index (χ2v) is 22.3. The van der Waals surface area contributed by atoms with Crippen LogP contribution in [-0.2, 0) is 89.3 Å². The number of nitrogen functional groups attached to an aromatic ring is 2. The number of amides is 3. The van der Waals surface area contributed by atoms with E-state index < -0.39 is 81.6 Å². The van der Waals surface area contributed by atoms with Crippen molar-refractivity contribution in [2.45, 2.75) is 55.7 Å². The van der Waals surface area contributed by atoms with Gasteiger partial charge in [-0.2, -0.15) is 0 Å². The molecule has 3 amide bonds. The van der Waals surface area contributed by atoms with Gasteiger partial charge in [-0.15, -0.1) is 0 Å². The highest BCUT2D eigenvalue weighted by Gasteiger charge is 2.54. The minimum Gasteiger partial charge on any atom is -0.432 e. The standard InChI is InChI=1S/C40H53FN12O17P2S2/c1-50(26(54)4-7-60-10-12-62-14-15-63-13-11-61-8-6-51-27(55)2-3-28(51)56)5-9-64-40(57)68-33-24(52-21-48-30-35(42)44-19-46-37(30)52)16-23-17-65-71(58,73)70-34-25(18-66-72(59,74)69-32(23)33)67-39(29(34)41)53-22-49-31-36(43)45-20-47-38(31)53/h2-3,19-25,29,32-34,39H,4-18H2,1H3,(H,58,73)(H,59,74)(H2,42,44,46)(H2,43,45,47)/t23-,24-,25-,29-,32-,33+,34-,39-,71?,72?/m1/s1. The van der Waals surface area contributed by atoms with Crippen LogP contribution in [0.15, 0.2) is 37.5 Å². The van der Waals surface area contributed by atoms with Gasteiger partial charge >= 0.3 is 19.6 Å². The summed E-state index contributed by atoms with van der Waals surface area (Å²) in [5, 5.41) is 0. The Bertz CT molecular complexity index is 2770. The Hall–Kier alpha value is -4.89. The van der Waals surface area contributed by atoms with Crippen molar-refractivity contribution in [3.05, 3.63) is 37.5 Å². The topological polar surface area (TPSA) is 356 Å². The van der Waals surface area contributed by atoms with Crippen LogP contribution in [0.25, 0.3) is 22.3 Å². The average Bonchev–Trinajstić information content (AvgIpc) is 4.19. The molecule has 2 unspecified atom stereocenters. The number of rotatable bonds is 21. The number of nitrogens with two attached hydrogens (primary N) is 2. The van der Waals surface area contributed by atoms with Gasteiger partial charge in [0.25, 0.3) is 11.8 Å². The Kier molecular flexibility index (Phi) is 18.6. The van der Waals surface area contributed by atoms with Crippen LogP contribution in [0.3, 0.4) is 0 Å². The molecule has 8 rings (SSSR count). The lowest BCUT2D eigenvalue weighted by Crippen LogP contribution is -2.39. The number of alkyl halides is 1. The molecule has 7 heterocycles. The van der Waals surface area contributed by atoms with E-state index >= 15 is 4.39 Å². The van der Waals surface area contributed by atoms with Crippen LogP contribution in [0, 0.1) is 5.92 Å². The number of anilines is 2. The second-order valence-electron chi connectivity index (χ2n) is 16.8. The molecule has 10 atom stereocenters. The zero-order valence-electron chi connectivity index (χ0n) is 39.4. The molecule has 34 heteroatoms. The number of hydrogen-bond acceptors (Lipinski definition) is 25. The number of hydrogen-bond donors (Lipinski definition) is 4. The summed E-state index contributed by atoms with van der Waals surface area (Å²) in [6, 6.07) is -0.897. The Morgan fingerprint density at radius 3 is 1.97 bits per heavy atom. The quantitative estimate of drug-likeness (QED) is 0.0376. The number of carbonyl (C=O) groups is 4. The van der Waals surface area contributed by atoms with Crippen LogP contribution < -0.4 is 11.5 Å². The van der Waals surface area contributed by atoms with Gasteiger partial charge in [-0.1, -0.05) is 0 Å². The van der Waals surface area contributed by atoms with E-state index in [4.69, 9.17) is 86.3 Å². The van der Waals surface area contributed by atoms with Gasteiger partial charge in [-0.3, -0.25) is 28.4 Å². The molecule has 0 spiro atoms. The molecule has 0 radical (unpaired) electrons. The number of imidazole rings is 2. The average molecular weight is 1120 g/mol. The third-order valence-corrected chi connectivity index (χ3v) is 15.1. The number of likely N-dealkylation sites (N-methyl/N-ethyl adjacent to an activating group) is 1. The fourth-order valence-electron chi connectivity index (χ4n) is 8.32. The maximum absolute atomic E-state index is 16.4. The van der Waals surface area contributed by atoms with Crippen molar-refractivity contribution in [3.63, 3.8) is 0 Å². The molecule has 29 nitrogen and oxygen atoms in total. The number of carbonyl (C=O) groups excluding carboxylic acids is 4. The van der Waals surface area contributed by atoms with E-state index in [9.17, 15) is 29.0 Å². The van der Waals surface area contributed by atoms with Gasteiger partial charge in [-0.25, -0.2) is 39.1 Å². The summed E-state index contributed by atoms with van der Waals surface area (Å²) >= 11 is 10.9. The van der Waals surface area contributed by atoms with Gasteiger partial charge in [0, 0.05) is 25.1 Å². The summed E-state index contributed by atoms with van der Waals surface area (Å²) in [5.74, 6) is -1.81. The third kappa shape index (κ3) is 13.6. The molecular weight excluding hydrogens is 1070 g/mol. The Morgan fingerprint density at radius 2 is 1.34 bits per heavy atom. The molecule has 0 aromatic carbocycles. The lowest BCUT2D eigenvalue weighted by atomic mass is 10.1. The molecule has 0 bridgehead atoms. The summed E-state index contributed by atoms with van der Waals surface area (Å²) in [7, 11) is 1.52. The van der Waals surface area contributed by atoms with E-state index in [-0.39, 0.29) is 117 Å². The molecule has 2 saturated heterocycles. The zero-order valence-corrected chi connectivity index (χ0v) is 42.8. The van der Waals surface area contributed by atoms with Crippen LogP contribution in [0.4, 0.5) is 20.8 Å². The number of aromatic nitrogens is 8. The molecule has 1 aliphatic carbocycles. The molecule has 4 aromatic rings. The Balaban J connectivity index is 0.821. The van der Waals surface area contributed by atoms with Gasteiger partial charge in [0.15, 0.2) is 41.4 Å². The number of fused-ring (bicyclic) bond motifs is 4. The van der Waals surface area contributed by atoms with Crippen LogP contribution in [-0.4, -0.2) is 206 Å². The van der Waals surface area contributed by atoms with Crippen molar-refractivity contribution in [3.8, 4) is 0 Å². The highest BCUT2D eigenvalue weighted by Crippen LogP contribution is 2.56. The Morgan fingerprint density at radius 1 is 0.784 bits per heavy atom.